The van der Waals surface area contributed by atoms with Crippen LogP contribution >= 0.6 is 11.6 Å². The summed E-state index contributed by atoms with van der Waals surface area (Å²) >= 11 is 5.82. The van der Waals surface area contributed by atoms with E-state index < -0.39 is 35.5 Å². The predicted octanol–water partition coefficient (Wildman–Crippen LogP) is 3.96. The van der Waals surface area contributed by atoms with Crippen LogP contribution < -0.4 is 5.32 Å². The number of hydrogen-bond donors (Lipinski definition) is 2. The van der Waals surface area contributed by atoms with E-state index >= 15 is 0 Å². The van der Waals surface area contributed by atoms with E-state index in [4.69, 9.17) is 16.7 Å². The summed E-state index contributed by atoms with van der Waals surface area (Å²) in [6.45, 7) is 0. The van der Waals surface area contributed by atoms with Crippen molar-refractivity contribution < 1.29 is 27.9 Å². The van der Waals surface area contributed by atoms with Crippen LogP contribution in [0.25, 0.3) is 0 Å². The van der Waals surface area contributed by atoms with Gasteiger partial charge in [0.25, 0.3) is 0 Å². The minimum atomic E-state index is -4.57. The largest absolute Gasteiger partial charge is 0.481 e. The van der Waals surface area contributed by atoms with Crippen LogP contribution in [0.4, 0.5) is 18.9 Å². The number of alkyl halides is 3. The average molecular weight is 348 g/mol. The minimum absolute atomic E-state index is 0.0513. The fraction of sp³-hybridized carbons (Fsp3) is 0.333. The van der Waals surface area contributed by atoms with Gasteiger partial charge in [-0.15, -0.1) is 0 Å². The van der Waals surface area contributed by atoms with E-state index in [1.54, 1.807) is 12.2 Å². The number of carbonyl (C=O) groups is 2. The summed E-state index contributed by atoms with van der Waals surface area (Å²) < 4.78 is 38.2. The lowest BCUT2D eigenvalue weighted by Crippen LogP contribution is -2.34. The zero-order chi connectivity index (χ0) is 17.2. The van der Waals surface area contributed by atoms with E-state index in [1.807, 2.05) is 0 Å². The predicted molar refractivity (Wildman–Crippen MR) is 78.1 cm³/mol. The van der Waals surface area contributed by atoms with E-state index in [0.717, 1.165) is 18.2 Å². The number of carbonyl (C=O) groups excluding carboxylic acids is 1. The van der Waals surface area contributed by atoms with Gasteiger partial charge in [-0.25, -0.2) is 0 Å². The van der Waals surface area contributed by atoms with E-state index in [0.29, 0.717) is 0 Å². The molecule has 1 aliphatic rings. The first-order valence-electron chi connectivity index (χ1n) is 6.75. The second-order valence-corrected chi connectivity index (χ2v) is 5.58. The maximum Gasteiger partial charge on any atom is 0.416 e. The molecule has 0 bridgehead atoms. The minimum Gasteiger partial charge on any atom is -0.481 e. The number of halogens is 4. The van der Waals surface area contributed by atoms with Crippen LogP contribution in [0.15, 0.2) is 30.4 Å². The average Bonchev–Trinajstić information content (AvgIpc) is 2.48. The fourth-order valence-electron chi connectivity index (χ4n) is 2.40. The molecule has 1 amide bonds. The highest BCUT2D eigenvalue weighted by molar-refractivity contribution is 6.33. The lowest BCUT2D eigenvalue weighted by atomic mass is 9.82. The van der Waals surface area contributed by atoms with Crippen molar-refractivity contribution in [1.82, 2.24) is 0 Å². The molecule has 0 aliphatic heterocycles. The quantitative estimate of drug-likeness (QED) is 0.813. The summed E-state index contributed by atoms with van der Waals surface area (Å²) in [6.07, 6.45) is -0.818. The molecule has 0 radical (unpaired) electrons. The summed E-state index contributed by atoms with van der Waals surface area (Å²) in [5, 5.41) is 11.4. The van der Waals surface area contributed by atoms with Crippen LogP contribution in [0.5, 0.6) is 0 Å². The third kappa shape index (κ3) is 4.04. The van der Waals surface area contributed by atoms with Gasteiger partial charge in [-0.3, -0.25) is 9.59 Å². The number of nitrogens with one attached hydrogen (secondary N) is 1. The second-order valence-electron chi connectivity index (χ2n) is 5.18. The Bertz CT molecular complexity index is 658. The molecule has 0 aromatic heterocycles. The van der Waals surface area contributed by atoms with Gasteiger partial charge in [-0.05, 0) is 31.0 Å². The summed E-state index contributed by atoms with van der Waals surface area (Å²) in [7, 11) is 0. The van der Waals surface area contributed by atoms with Crippen molar-refractivity contribution in [1.29, 1.82) is 0 Å². The summed E-state index contributed by atoms with van der Waals surface area (Å²) in [4.78, 5) is 23.4. The number of aliphatic carboxylic acids is 1. The molecule has 2 rings (SSSR count). The summed E-state index contributed by atoms with van der Waals surface area (Å²) in [5.41, 5.74) is -1.14. The third-order valence-electron chi connectivity index (χ3n) is 3.64. The van der Waals surface area contributed by atoms with Gasteiger partial charge in [0.2, 0.25) is 5.91 Å². The Labute approximate surface area is 134 Å². The van der Waals surface area contributed by atoms with Crippen LogP contribution in [0.1, 0.15) is 18.4 Å². The monoisotopic (exact) mass is 347 g/mol. The Morgan fingerprint density at radius 3 is 2.35 bits per heavy atom. The van der Waals surface area contributed by atoms with Gasteiger partial charge < -0.3 is 10.4 Å². The molecule has 1 aromatic carbocycles. The van der Waals surface area contributed by atoms with Crippen LogP contribution in [0.3, 0.4) is 0 Å². The van der Waals surface area contributed by atoms with Crippen LogP contribution in [-0.4, -0.2) is 17.0 Å². The molecule has 8 heteroatoms. The van der Waals surface area contributed by atoms with E-state index in [1.165, 1.54) is 0 Å². The standard InChI is InChI=1S/C15H13ClF3NO3/c16-11-6-5-8(15(17,18)19)7-12(11)20-13(21)9-3-1-2-4-10(9)14(22)23/h1-2,5-7,9-10H,3-4H2,(H,20,21)(H,22,23)/t9-,10-/m0/s1. The lowest BCUT2D eigenvalue weighted by molar-refractivity contribution is -0.146. The smallest absolute Gasteiger partial charge is 0.416 e. The fourth-order valence-corrected chi connectivity index (χ4v) is 2.56. The highest BCUT2D eigenvalue weighted by Gasteiger charge is 2.35. The number of anilines is 1. The number of allylic oxidation sites excluding steroid dienone is 2. The molecule has 0 saturated heterocycles. The van der Waals surface area contributed by atoms with Crippen LogP contribution in [-0.2, 0) is 15.8 Å². The molecule has 0 unspecified atom stereocenters. The van der Waals surface area contributed by atoms with E-state index in [2.05, 4.69) is 5.32 Å². The first-order chi connectivity index (χ1) is 10.7. The molecule has 1 aliphatic carbocycles. The Morgan fingerprint density at radius 2 is 1.78 bits per heavy atom. The van der Waals surface area contributed by atoms with Gasteiger partial charge in [-0.1, -0.05) is 23.8 Å². The molecular formula is C15H13ClF3NO3. The molecule has 0 fully saturated rings. The van der Waals surface area contributed by atoms with Crippen molar-refractivity contribution >= 4 is 29.2 Å². The molecule has 0 saturated carbocycles. The molecule has 4 nitrogen and oxygen atoms in total. The molecular weight excluding hydrogens is 335 g/mol. The zero-order valence-corrected chi connectivity index (χ0v) is 12.5. The Balaban J connectivity index is 2.23. The van der Waals surface area contributed by atoms with Crippen LogP contribution in [0, 0.1) is 11.8 Å². The van der Waals surface area contributed by atoms with E-state index in [9.17, 15) is 22.8 Å². The van der Waals surface area contributed by atoms with Crippen molar-refractivity contribution in [2.24, 2.45) is 11.8 Å². The van der Waals surface area contributed by atoms with Crippen molar-refractivity contribution in [2.45, 2.75) is 19.0 Å². The molecule has 0 heterocycles. The molecule has 0 spiro atoms. The van der Waals surface area contributed by atoms with Crippen LogP contribution in [0.2, 0.25) is 5.02 Å². The van der Waals surface area contributed by atoms with Gasteiger partial charge in [0.15, 0.2) is 0 Å². The van der Waals surface area contributed by atoms with Crippen molar-refractivity contribution in [3.8, 4) is 0 Å². The first kappa shape index (κ1) is 17.3. The van der Waals surface area contributed by atoms with Gasteiger partial charge in [0, 0.05) is 0 Å². The van der Waals surface area contributed by atoms with Gasteiger partial charge >= 0.3 is 12.1 Å². The van der Waals surface area contributed by atoms with Gasteiger partial charge in [0.05, 0.1) is 28.1 Å². The summed E-state index contributed by atoms with van der Waals surface area (Å²) in [6, 6.07) is 2.57. The van der Waals surface area contributed by atoms with Crippen molar-refractivity contribution in [3.63, 3.8) is 0 Å². The summed E-state index contributed by atoms with van der Waals surface area (Å²) in [5.74, 6) is -3.56. The topological polar surface area (TPSA) is 66.4 Å². The Kier molecular flexibility index (Phi) is 4.99. The molecule has 23 heavy (non-hydrogen) atoms. The number of benzene rings is 1. The Morgan fingerprint density at radius 1 is 1.17 bits per heavy atom. The second kappa shape index (κ2) is 6.62. The molecule has 2 atom stereocenters. The number of rotatable bonds is 3. The highest BCUT2D eigenvalue weighted by atomic mass is 35.5. The van der Waals surface area contributed by atoms with E-state index in [-0.39, 0.29) is 23.6 Å². The molecule has 1 aromatic rings. The first-order valence-corrected chi connectivity index (χ1v) is 7.13. The zero-order valence-electron chi connectivity index (χ0n) is 11.7. The Hall–Kier alpha value is -2.02. The van der Waals surface area contributed by atoms with Crippen molar-refractivity contribution in [2.75, 3.05) is 5.32 Å². The lowest BCUT2D eigenvalue weighted by Gasteiger charge is -2.24. The molecule has 2 N–H and O–H groups in total. The van der Waals surface area contributed by atoms with Gasteiger partial charge in [-0.2, -0.15) is 13.2 Å². The number of amides is 1. The number of carboxylic acids is 1. The SMILES string of the molecule is O=C(O)[C@H]1CC=CC[C@@H]1C(=O)Nc1cc(C(F)(F)F)ccc1Cl. The maximum absolute atomic E-state index is 12.7. The number of hydrogen-bond acceptors (Lipinski definition) is 2. The molecule has 124 valence electrons. The van der Waals surface area contributed by atoms with Gasteiger partial charge in [0.1, 0.15) is 0 Å². The highest BCUT2D eigenvalue weighted by Crippen LogP contribution is 2.35. The maximum atomic E-state index is 12.7. The van der Waals surface area contributed by atoms with Crippen molar-refractivity contribution in [3.05, 3.63) is 40.9 Å². The number of carboxylic acid groups (broad SMARTS) is 1. The third-order valence-corrected chi connectivity index (χ3v) is 3.97. The normalized spacial score (nSPS) is 21.0.